The summed E-state index contributed by atoms with van der Waals surface area (Å²) in [7, 11) is 0. The standard InChI is InChI=1S/C45H25N3O3/c1-2-11-26(12-3-1)43-46-44(48-45(47-43)34-19-9-17-32-30-14-5-7-21-37(30)51-42(32)34)33-18-10-22-39-40(33)35-25-27(23-24-38(35)49-39)28-15-8-16-31-29-13-4-6-20-36(29)50-41(28)31/h1-25H. The summed E-state index contributed by atoms with van der Waals surface area (Å²) < 4.78 is 19.3. The molecule has 0 saturated heterocycles. The highest BCUT2D eigenvalue weighted by Gasteiger charge is 2.21. The van der Waals surface area contributed by atoms with Crippen LogP contribution in [0.25, 0.3) is 111 Å². The Balaban J connectivity index is 1.15. The smallest absolute Gasteiger partial charge is 0.167 e. The lowest BCUT2D eigenvalue weighted by atomic mass is 9.99. The molecule has 11 aromatic rings. The fourth-order valence-corrected chi connectivity index (χ4v) is 7.41. The van der Waals surface area contributed by atoms with Crippen LogP contribution in [0.1, 0.15) is 0 Å². The molecule has 0 unspecified atom stereocenters. The maximum absolute atomic E-state index is 6.45. The van der Waals surface area contributed by atoms with Gasteiger partial charge < -0.3 is 13.3 Å². The number of furan rings is 3. The fourth-order valence-electron chi connectivity index (χ4n) is 7.41. The van der Waals surface area contributed by atoms with Gasteiger partial charge in [-0.05, 0) is 42.0 Å². The average Bonchev–Trinajstić information content (AvgIpc) is 3.89. The molecule has 6 heteroatoms. The van der Waals surface area contributed by atoms with Crippen molar-refractivity contribution in [1.82, 2.24) is 15.0 Å². The number of fused-ring (bicyclic) bond motifs is 9. The number of benzene rings is 7. The number of aromatic nitrogens is 3. The molecule has 0 aliphatic carbocycles. The first-order chi connectivity index (χ1) is 25.3. The lowest BCUT2D eigenvalue weighted by Gasteiger charge is -2.09. The zero-order chi connectivity index (χ0) is 33.5. The van der Waals surface area contributed by atoms with Gasteiger partial charge in [-0.15, -0.1) is 0 Å². The Bertz CT molecular complexity index is 3150. The van der Waals surface area contributed by atoms with Gasteiger partial charge in [-0.25, -0.2) is 15.0 Å². The molecule has 0 radical (unpaired) electrons. The van der Waals surface area contributed by atoms with Gasteiger partial charge in [0.2, 0.25) is 0 Å². The SMILES string of the molecule is c1ccc(-c2nc(-c3cccc4c3oc3ccccc34)nc(-c3cccc4oc5ccc(-c6cccc7c6oc6ccccc67)cc5c34)n2)cc1. The van der Waals surface area contributed by atoms with Crippen LogP contribution < -0.4 is 0 Å². The zero-order valence-corrected chi connectivity index (χ0v) is 27.0. The molecule has 6 nitrogen and oxygen atoms in total. The van der Waals surface area contributed by atoms with Crippen molar-refractivity contribution in [2.75, 3.05) is 0 Å². The normalized spacial score (nSPS) is 11.9. The Morgan fingerprint density at radius 2 is 0.843 bits per heavy atom. The van der Waals surface area contributed by atoms with Crippen LogP contribution in [0, 0.1) is 0 Å². The highest BCUT2D eigenvalue weighted by molar-refractivity contribution is 6.15. The highest BCUT2D eigenvalue weighted by Crippen LogP contribution is 2.41. The van der Waals surface area contributed by atoms with E-state index in [4.69, 9.17) is 28.2 Å². The third-order valence-corrected chi connectivity index (χ3v) is 9.76. The predicted octanol–water partition coefficient (Wildman–Crippen LogP) is 12.2. The first-order valence-electron chi connectivity index (χ1n) is 16.9. The Kier molecular flexibility index (Phi) is 5.86. The molecule has 238 valence electrons. The van der Waals surface area contributed by atoms with Crippen LogP contribution in [0.3, 0.4) is 0 Å². The molecule has 4 aromatic heterocycles. The minimum atomic E-state index is 0.533. The maximum atomic E-state index is 6.45. The van der Waals surface area contributed by atoms with Crippen molar-refractivity contribution in [3.8, 4) is 45.3 Å². The number of hydrogen-bond acceptors (Lipinski definition) is 6. The molecule has 0 spiro atoms. The van der Waals surface area contributed by atoms with E-state index in [0.717, 1.165) is 93.6 Å². The van der Waals surface area contributed by atoms with Crippen LogP contribution in [0.5, 0.6) is 0 Å². The average molecular weight is 656 g/mol. The van der Waals surface area contributed by atoms with Crippen molar-refractivity contribution < 1.29 is 13.3 Å². The van der Waals surface area contributed by atoms with Gasteiger partial charge in [-0.2, -0.15) is 0 Å². The van der Waals surface area contributed by atoms with E-state index in [1.807, 2.05) is 97.1 Å². The van der Waals surface area contributed by atoms with Crippen molar-refractivity contribution >= 4 is 65.8 Å². The van der Waals surface area contributed by atoms with Gasteiger partial charge in [0.1, 0.15) is 33.5 Å². The third kappa shape index (κ3) is 4.26. The molecular weight excluding hydrogens is 631 g/mol. The van der Waals surface area contributed by atoms with Crippen LogP contribution in [-0.2, 0) is 0 Å². The Morgan fingerprint density at radius 3 is 1.59 bits per heavy atom. The summed E-state index contributed by atoms with van der Waals surface area (Å²) in [6, 6.07) is 51.0. The molecule has 0 bridgehead atoms. The van der Waals surface area contributed by atoms with E-state index in [2.05, 4.69) is 54.6 Å². The molecule has 0 N–H and O–H groups in total. The molecular formula is C45H25N3O3. The second kappa shape index (κ2) is 10.7. The summed E-state index contributed by atoms with van der Waals surface area (Å²) in [4.78, 5) is 15.3. The number of hydrogen-bond donors (Lipinski definition) is 0. The molecule has 0 saturated carbocycles. The van der Waals surface area contributed by atoms with Crippen LogP contribution in [0.4, 0.5) is 0 Å². The topological polar surface area (TPSA) is 78.1 Å². The minimum Gasteiger partial charge on any atom is -0.456 e. The molecule has 0 atom stereocenters. The summed E-state index contributed by atoms with van der Waals surface area (Å²) in [5, 5.41) is 6.16. The van der Waals surface area contributed by atoms with Crippen LogP contribution in [-0.4, -0.2) is 15.0 Å². The van der Waals surface area contributed by atoms with Gasteiger partial charge >= 0.3 is 0 Å². The number of para-hydroxylation sites is 4. The molecule has 4 heterocycles. The first-order valence-corrected chi connectivity index (χ1v) is 16.9. The predicted molar refractivity (Wildman–Crippen MR) is 203 cm³/mol. The van der Waals surface area contributed by atoms with E-state index in [-0.39, 0.29) is 0 Å². The summed E-state index contributed by atoms with van der Waals surface area (Å²) in [5.74, 6) is 1.65. The zero-order valence-electron chi connectivity index (χ0n) is 27.0. The third-order valence-electron chi connectivity index (χ3n) is 9.76. The van der Waals surface area contributed by atoms with Gasteiger partial charge in [-0.1, -0.05) is 115 Å². The highest BCUT2D eigenvalue weighted by atomic mass is 16.3. The van der Waals surface area contributed by atoms with E-state index in [1.165, 1.54) is 0 Å². The summed E-state index contributed by atoms with van der Waals surface area (Å²) in [6.07, 6.45) is 0. The monoisotopic (exact) mass is 655 g/mol. The molecule has 11 rings (SSSR count). The van der Waals surface area contributed by atoms with Crippen LogP contribution >= 0.6 is 0 Å². The Morgan fingerprint density at radius 1 is 0.314 bits per heavy atom. The second-order valence-electron chi connectivity index (χ2n) is 12.7. The molecule has 0 fully saturated rings. The largest absolute Gasteiger partial charge is 0.456 e. The van der Waals surface area contributed by atoms with E-state index < -0.39 is 0 Å². The molecule has 0 aliphatic rings. The lowest BCUT2D eigenvalue weighted by molar-refractivity contribution is 0.668. The molecule has 51 heavy (non-hydrogen) atoms. The van der Waals surface area contributed by atoms with Crippen LogP contribution in [0.2, 0.25) is 0 Å². The summed E-state index contributed by atoms with van der Waals surface area (Å²) in [6.45, 7) is 0. The first kappa shape index (κ1) is 27.9. The lowest BCUT2D eigenvalue weighted by Crippen LogP contribution is -2.00. The van der Waals surface area contributed by atoms with Gasteiger partial charge in [0.15, 0.2) is 17.5 Å². The number of rotatable bonds is 4. The van der Waals surface area contributed by atoms with Crippen molar-refractivity contribution in [2.24, 2.45) is 0 Å². The van der Waals surface area contributed by atoms with Crippen molar-refractivity contribution in [3.63, 3.8) is 0 Å². The Hall–Kier alpha value is -7.05. The van der Waals surface area contributed by atoms with Gasteiger partial charge in [0, 0.05) is 49.0 Å². The van der Waals surface area contributed by atoms with Crippen molar-refractivity contribution in [2.45, 2.75) is 0 Å². The number of nitrogens with zero attached hydrogens (tertiary/aromatic N) is 3. The van der Waals surface area contributed by atoms with Crippen LogP contribution in [0.15, 0.2) is 165 Å². The second-order valence-corrected chi connectivity index (χ2v) is 12.7. The van der Waals surface area contributed by atoms with Gasteiger partial charge in [0.05, 0.1) is 5.56 Å². The molecule has 0 amide bonds. The van der Waals surface area contributed by atoms with Gasteiger partial charge in [0.25, 0.3) is 0 Å². The van der Waals surface area contributed by atoms with Crippen molar-refractivity contribution in [3.05, 3.63) is 152 Å². The quantitative estimate of drug-likeness (QED) is 0.188. The fraction of sp³-hybridized carbons (Fsp3) is 0. The minimum absolute atomic E-state index is 0.533. The van der Waals surface area contributed by atoms with E-state index in [1.54, 1.807) is 0 Å². The van der Waals surface area contributed by atoms with E-state index >= 15 is 0 Å². The Labute approximate surface area is 290 Å². The van der Waals surface area contributed by atoms with Crippen molar-refractivity contribution in [1.29, 1.82) is 0 Å². The van der Waals surface area contributed by atoms with Gasteiger partial charge in [-0.3, -0.25) is 0 Å². The maximum Gasteiger partial charge on any atom is 0.167 e. The van der Waals surface area contributed by atoms with E-state index in [9.17, 15) is 0 Å². The summed E-state index contributed by atoms with van der Waals surface area (Å²) in [5.41, 5.74) is 9.42. The van der Waals surface area contributed by atoms with E-state index in [0.29, 0.717) is 17.5 Å². The molecule has 7 aromatic carbocycles. The molecule has 0 aliphatic heterocycles. The summed E-state index contributed by atoms with van der Waals surface area (Å²) >= 11 is 0.